The highest BCUT2D eigenvalue weighted by Gasteiger charge is 2.21. The smallest absolute Gasteiger partial charge is 0.332 e. The first kappa shape index (κ1) is 22.7. The summed E-state index contributed by atoms with van der Waals surface area (Å²) in [6.45, 7) is 6.28. The molecule has 1 saturated heterocycles. The van der Waals surface area contributed by atoms with Crippen molar-refractivity contribution in [2.45, 2.75) is 19.8 Å². The fourth-order valence-corrected chi connectivity index (χ4v) is 3.89. The molecule has 31 heavy (non-hydrogen) atoms. The molecule has 168 valence electrons. The maximum absolute atomic E-state index is 13.2. The zero-order valence-electron chi connectivity index (χ0n) is 18.4. The van der Waals surface area contributed by atoms with Crippen LogP contribution in [0.2, 0.25) is 0 Å². The molecule has 0 unspecified atom stereocenters. The Bertz CT molecular complexity index is 1020. The summed E-state index contributed by atoms with van der Waals surface area (Å²) in [6, 6.07) is 7.52. The molecular formula is C22H30FN5O3. The van der Waals surface area contributed by atoms with Crippen LogP contribution in [0.5, 0.6) is 0 Å². The first-order valence-corrected chi connectivity index (χ1v) is 10.6. The monoisotopic (exact) mass is 431 g/mol. The quantitative estimate of drug-likeness (QED) is 0.659. The van der Waals surface area contributed by atoms with Crippen molar-refractivity contribution in [2.75, 3.05) is 49.1 Å². The van der Waals surface area contributed by atoms with Crippen molar-refractivity contribution in [1.82, 2.24) is 14.0 Å². The topological polar surface area (TPSA) is 70.8 Å². The van der Waals surface area contributed by atoms with Gasteiger partial charge in [-0.25, -0.2) is 9.18 Å². The van der Waals surface area contributed by atoms with Crippen molar-refractivity contribution >= 4 is 17.4 Å². The summed E-state index contributed by atoms with van der Waals surface area (Å²) < 4.78 is 15.8. The van der Waals surface area contributed by atoms with E-state index in [1.165, 1.54) is 29.8 Å². The van der Waals surface area contributed by atoms with Gasteiger partial charge in [0.2, 0.25) is 5.91 Å². The molecular weight excluding hydrogens is 401 g/mol. The summed E-state index contributed by atoms with van der Waals surface area (Å²) in [7, 11) is 3.16. The summed E-state index contributed by atoms with van der Waals surface area (Å²) >= 11 is 0. The van der Waals surface area contributed by atoms with E-state index in [1.807, 2.05) is 6.92 Å². The van der Waals surface area contributed by atoms with Crippen LogP contribution in [-0.2, 0) is 18.9 Å². The Labute approximate surface area is 181 Å². The summed E-state index contributed by atoms with van der Waals surface area (Å²) in [4.78, 5) is 42.6. The van der Waals surface area contributed by atoms with Crippen LogP contribution in [0.15, 0.2) is 39.9 Å². The van der Waals surface area contributed by atoms with E-state index < -0.39 is 0 Å². The zero-order chi connectivity index (χ0) is 22.5. The summed E-state index contributed by atoms with van der Waals surface area (Å²) in [5, 5.41) is 0. The second-order valence-corrected chi connectivity index (χ2v) is 7.80. The van der Waals surface area contributed by atoms with Gasteiger partial charge in [0.05, 0.1) is 0 Å². The Morgan fingerprint density at radius 2 is 1.68 bits per heavy atom. The first-order chi connectivity index (χ1) is 14.8. The molecule has 9 heteroatoms. The van der Waals surface area contributed by atoms with Crippen LogP contribution in [0.25, 0.3) is 0 Å². The number of aromatic nitrogens is 2. The number of hydrogen-bond acceptors (Lipinski definition) is 5. The van der Waals surface area contributed by atoms with E-state index in [0.29, 0.717) is 24.5 Å². The third kappa shape index (κ3) is 5.22. The fraction of sp³-hybridized carbons (Fsp3) is 0.500. The number of carbonyl (C=O) groups excluding carboxylic acids is 1. The second-order valence-electron chi connectivity index (χ2n) is 7.80. The summed E-state index contributed by atoms with van der Waals surface area (Å²) in [6.07, 6.45) is 1.19. The minimum absolute atomic E-state index is 0.0167. The maximum Gasteiger partial charge on any atom is 0.332 e. The molecule has 2 heterocycles. The molecule has 0 radical (unpaired) electrons. The van der Waals surface area contributed by atoms with Gasteiger partial charge in [-0.3, -0.25) is 23.6 Å². The Kier molecular flexibility index (Phi) is 7.27. The average Bonchev–Trinajstić information content (AvgIpc) is 2.78. The molecule has 1 aliphatic heterocycles. The Hall–Kier alpha value is -2.94. The molecule has 0 bridgehead atoms. The van der Waals surface area contributed by atoms with Crippen LogP contribution in [0, 0.1) is 5.82 Å². The van der Waals surface area contributed by atoms with Crippen LogP contribution in [0.1, 0.15) is 19.8 Å². The van der Waals surface area contributed by atoms with E-state index in [9.17, 15) is 18.8 Å². The molecule has 1 aromatic heterocycles. The van der Waals surface area contributed by atoms with Gasteiger partial charge < -0.3 is 9.80 Å². The maximum atomic E-state index is 13.2. The van der Waals surface area contributed by atoms with Crippen LogP contribution >= 0.6 is 0 Å². The highest BCUT2D eigenvalue weighted by atomic mass is 19.1. The van der Waals surface area contributed by atoms with Gasteiger partial charge in [-0.2, -0.15) is 0 Å². The van der Waals surface area contributed by atoms with Crippen molar-refractivity contribution in [1.29, 1.82) is 0 Å². The summed E-state index contributed by atoms with van der Waals surface area (Å²) in [5.74, 6) is 0.339. The number of amides is 1. The highest BCUT2D eigenvalue weighted by molar-refractivity contribution is 5.93. The minimum atomic E-state index is -0.327. The van der Waals surface area contributed by atoms with Gasteiger partial charge >= 0.3 is 5.69 Å². The van der Waals surface area contributed by atoms with Crippen LogP contribution in [0.4, 0.5) is 15.9 Å². The molecule has 8 nitrogen and oxygen atoms in total. The van der Waals surface area contributed by atoms with E-state index in [-0.39, 0.29) is 23.0 Å². The van der Waals surface area contributed by atoms with Gasteiger partial charge in [0.15, 0.2) is 0 Å². The molecule has 0 atom stereocenters. The van der Waals surface area contributed by atoms with E-state index in [1.54, 1.807) is 24.1 Å². The number of hydrogen-bond donors (Lipinski definition) is 0. The number of rotatable bonds is 7. The van der Waals surface area contributed by atoms with E-state index >= 15 is 0 Å². The van der Waals surface area contributed by atoms with Crippen molar-refractivity contribution in [3.8, 4) is 0 Å². The summed E-state index contributed by atoms with van der Waals surface area (Å²) in [5.41, 5.74) is 0.0815. The van der Waals surface area contributed by atoms with Crippen molar-refractivity contribution in [3.63, 3.8) is 0 Å². The molecule has 1 fully saturated rings. The lowest BCUT2D eigenvalue weighted by molar-refractivity contribution is -0.118. The first-order valence-electron chi connectivity index (χ1n) is 10.6. The van der Waals surface area contributed by atoms with Gasteiger partial charge in [0, 0.05) is 65.0 Å². The molecule has 1 amide bonds. The number of piperazine rings is 1. The van der Waals surface area contributed by atoms with Crippen molar-refractivity contribution in [2.24, 2.45) is 14.1 Å². The highest BCUT2D eigenvalue weighted by Crippen LogP contribution is 2.17. The van der Waals surface area contributed by atoms with E-state index in [2.05, 4.69) is 9.80 Å². The van der Waals surface area contributed by atoms with Crippen LogP contribution in [-0.4, -0.2) is 59.2 Å². The standard InChI is InChI=1S/C22H30FN5O3/c1-4-20(29)28(18-8-6-17(23)7-9-18)11-5-10-26-12-14-27(15-13-26)19-16-21(30)25(3)22(31)24(19)2/h6-9,16H,4-5,10-15H2,1-3H3. The van der Waals surface area contributed by atoms with Gasteiger partial charge in [0.1, 0.15) is 11.6 Å². The molecule has 2 aromatic rings. The van der Waals surface area contributed by atoms with E-state index in [0.717, 1.165) is 43.7 Å². The molecule has 0 N–H and O–H groups in total. The third-order valence-electron chi connectivity index (χ3n) is 5.79. The average molecular weight is 432 g/mol. The number of anilines is 2. The second kappa shape index (κ2) is 9.91. The zero-order valence-corrected chi connectivity index (χ0v) is 18.4. The Balaban J connectivity index is 1.55. The molecule has 1 aliphatic rings. The molecule has 0 saturated carbocycles. The lowest BCUT2D eigenvalue weighted by Crippen LogP contribution is -2.49. The van der Waals surface area contributed by atoms with E-state index in [4.69, 9.17) is 0 Å². The number of carbonyl (C=O) groups is 1. The SMILES string of the molecule is CCC(=O)N(CCCN1CCN(c2cc(=O)n(C)c(=O)n2C)CC1)c1ccc(F)cc1. The number of benzene rings is 1. The lowest BCUT2D eigenvalue weighted by atomic mass is 10.2. The minimum Gasteiger partial charge on any atom is -0.355 e. The third-order valence-corrected chi connectivity index (χ3v) is 5.79. The predicted molar refractivity (Wildman–Crippen MR) is 119 cm³/mol. The Morgan fingerprint density at radius 3 is 2.29 bits per heavy atom. The molecule has 1 aromatic carbocycles. The molecule has 3 rings (SSSR count). The number of halogens is 1. The van der Waals surface area contributed by atoms with Crippen molar-refractivity contribution in [3.05, 3.63) is 57.0 Å². The van der Waals surface area contributed by atoms with Crippen molar-refractivity contribution < 1.29 is 9.18 Å². The normalized spacial score (nSPS) is 14.6. The van der Waals surface area contributed by atoms with Gasteiger partial charge in [-0.05, 0) is 37.2 Å². The molecule has 0 spiro atoms. The number of nitrogens with zero attached hydrogens (tertiary/aromatic N) is 5. The fourth-order valence-electron chi connectivity index (χ4n) is 3.89. The van der Waals surface area contributed by atoms with Gasteiger partial charge in [-0.15, -0.1) is 0 Å². The van der Waals surface area contributed by atoms with Crippen LogP contribution < -0.4 is 21.0 Å². The predicted octanol–water partition coefficient (Wildman–Crippen LogP) is 1.18. The lowest BCUT2D eigenvalue weighted by Gasteiger charge is -2.36. The molecule has 0 aliphatic carbocycles. The Morgan fingerprint density at radius 1 is 1.03 bits per heavy atom. The van der Waals surface area contributed by atoms with Gasteiger partial charge in [0.25, 0.3) is 5.56 Å². The van der Waals surface area contributed by atoms with Crippen LogP contribution in [0.3, 0.4) is 0 Å². The largest absolute Gasteiger partial charge is 0.355 e. The van der Waals surface area contributed by atoms with Gasteiger partial charge in [-0.1, -0.05) is 6.92 Å².